The summed E-state index contributed by atoms with van der Waals surface area (Å²) in [4.78, 5) is 81.6. The molecule has 2 heterocycles. The van der Waals surface area contributed by atoms with Crippen molar-refractivity contribution in [1.82, 2.24) is 20.2 Å². The summed E-state index contributed by atoms with van der Waals surface area (Å²) in [7, 11) is -13.8. The van der Waals surface area contributed by atoms with Gasteiger partial charge in [-0.3, -0.25) is 33.0 Å². The first kappa shape index (κ1) is 44.2. The molecule has 27 heteroatoms. The number of phosphoric ester groups is 1. The van der Waals surface area contributed by atoms with E-state index in [9.17, 15) is 42.7 Å². The van der Waals surface area contributed by atoms with Crippen molar-refractivity contribution >= 4 is 35.1 Å². The van der Waals surface area contributed by atoms with Gasteiger partial charge in [0.1, 0.15) is 30.8 Å². The molecule has 1 fully saturated rings. The van der Waals surface area contributed by atoms with Gasteiger partial charge in [-0.05, 0) is 36.6 Å². The summed E-state index contributed by atoms with van der Waals surface area (Å²) in [6.45, 7) is -1.01. The maximum atomic E-state index is 12.5. The van der Waals surface area contributed by atoms with E-state index in [2.05, 4.69) is 50.6 Å². The average Bonchev–Trinajstić information content (AvgIpc) is 3.56. The number of H-pyrrole nitrogens is 1. The number of hydrogen-bond donors (Lipinski definition) is 6. The number of carbonyl (C=O) groups excluding carboxylic acids is 2. The van der Waals surface area contributed by atoms with Crippen LogP contribution < -0.4 is 26.6 Å². The summed E-state index contributed by atoms with van der Waals surface area (Å²) in [6.07, 6.45) is -1.53. The molecule has 0 bridgehead atoms. The molecule has 296 valence electrons. The summed E-state index contributed by atoms with van der Waals surface area (Å²) < 4.78 is 70.2. The second-order valence-electron chi connectivity index (χ2n) is 10.8. The molecule has 4 unspecified atom stereocenters. The average molecular weight is 824 g/mol. The molecule has 1 aromatic heterocycles. The molecule has 0 radical (unpaired) electrons. The number of phosphoric acid groups is 2. The van der Waals surface area contributed by atoms with Crippen molar-refractivity contribution in [3.05, 3.63) is 72.9 Å². The summed E-state index contributed by atoms with van der Waals surface area (Å²) in [5, 5.41) is 8.44. The van der Waals surface area contributed by atoms with Crippen molar-refractivity contribution in [3.8, 4) is 17.6 Å². The van der Waals surface area contributed by atoms with E-state index in [1.54, 1.807) is 18.2 Å². The van der Waals surface area contributed by atoms with E-state index in [4.69, 9.17) is 29.4 Å². The van der Waals surface area contributed by atoms with Crippen LogP contribution in [0.5, 0.6) is 5.75 Å². The zero-order chi connectivity index (χ0) is 39.9. The largest absolute Gasteiger partial charge is 0.491 e. The molecule has 2 amide bonds. The molecular weight excluding hydrogens is 787 g/mol. The third kappa shape index (κ3) is 15.7. The Bertz CT molecular complexity index is 2020. The van der Waals surface area contributed by atoms with Crippen LogP contribution in [0.2, 0.25) is 0 Å². The lowest BCUT2D eigenvalue weighted by atomic mass is 10.2. The SMILES string of the molecule is CNC(=O)c1cccc(OCC(N=[N+]=[N-])OCCOCC(=O)NCC#Cc2cn([C@H]3CC[C@@H](COP(=O)(O)OP(=O)(O)OP(C)(=O)O)O3)c(=O)[nH]c2=O)c1. The number of amides is 2. The molecule has 0 aliphatic carbocycles. The number of carbonyl (C=O) groups is 2. The number of aromatic nitrogens is 2. The second kappa shape index (κ2) is 20.5. The lowest BCUT2D eigenvalue weighted by Gasteiger charge is -2.19. The van der Waals surface area contributed by atoms with Crippen LogP contribution in [0.3, 0.4) is 0 Å². The smallest absolute Gasteiger partial charge is 0.488 e. The molecule has 1 aliphatic heterocycles. The fourth-order valence-corrected chi connectivity index (χ4v) is 7.80. The maximum absolute atomic E-state index is 12.5. The summed E-state index contributed by atoms with van der Waals surface area (Å²) >= 11 is 0. The highest BCUT2D eigenvalue weighted by Gasteiger charge is 2.40. The van der Waals surface area contributed by atoms with Crippen molar-refractivity contribution in [3.63, 3.8) is 0 Å². The Morgan fingerprint density at radius 3 is 2.63 bits per heavy atom. The molecule has 2 aromatic rings. The molecule has 0 saturated carbocycles. The van der Waals surface area contributed by atoms with Gasteiger partial charge in [-0.25, -0.2) is 18.2 Å². The number of hydrogen-bond acceptors (Lipinski definition) is 15. The standard InChI is InChI=1S/C27H36N7O17P3/c1-29-25(36)18-5-3-7-20(13-18)47-17-23(32-33-28)46-12-11-45-16-22(35)30-10-4-6-19-14-34(27(38)31-26(19)37)24-9-8-21(49-24)15-48-53(41,42)51-54(43,44)50-52(2,39)40/h3,5,7,13-14,21,23-24H,8-12,15-17H2,1-2H3,(H,29,36)(H,30,35)(H,39,40)(H,41,42)(H,43,44)(H,31,37,38)/t21-,23?,24+/m0/s1. The minimum absolute atomic E-state index is 0.0592. The molecule has 54 heavy (non-hydrogen) atoms. The Morgan fingerprint density at radius 2 is 1.93 bits per heavy atom. The van der Waals surface area contributed by atoms with Crippen molar-refractivity contribution in [2.75, 3.05) is 53.3 Å². The monoisotopic (exact) mass is 823 g/mol. The van der Waals surface area contributed by atoms with Gasteiger partial charge in [0.05, 0.1) is 32.5 Å². The highest BCUT2D eigenvalue weighted by atomic mass is 31.3. The summed E-state index contributed by atoms with van der Waals surface area (Å²) in [6, 6.07) is 6.32. The van der Waals surface area contributed by atoms with Gasteiger partial charge >= 0.3 is 28.9 Å². The van der Waals surface area contributed by atoms with Gasteiger partial charge in [0.15, 0.2) is 6.23 Å². The Hall–Kier alpha value is -4.16. The van der Waals surface area contributed by atoms with Crippen LogP contribution in [-0.2, 0) is 45.8 Å². The van der Waals surface area contributed by atoms with E-state index in [1.807, 2.05) is 0 Å². The highest BCUT2D eigenvalue weighted by Crippen LogP contribution is 2.66. The molecular formula is C27H36N7O17P3. The minimum Gasteiger partial charge on any atom is -0.491 e. The lowest BCUT2D eigenvalue weighted by molar-refractivity contribution is -0.126. The van der Waals surface area contributed by atoms with Gasteiger partial charge in [0.25, 0.3) is 11.5 Å². The van der Waals surface area contributed by atoms with E-state index < -0.39 is 65.6 Å². The fraction of sp³-hybridized carbons (Fsp3) is 0.481. The number of azide groups is 1. The van der Waals surface area contributed by atoms with Crippen LogP contribution in [0.1, 0.15) is 35.0 Å². The lowest BCUT2D eigenvalue weighted by Crippen LogP contribution is -2.34. The predicted octanol–water partition coefficient (Wildman–Crippen LogP) is 0.856. The minimum atomic E-state index is -5.46. The molecule has 0 spiro atoms. The van der Waals surface area contributed by atoms with Crippen LogP contribution in [-0.4, -0.2) is 102 Å². The zero-order valence-corrected chi connectivity index (χ0v) is 31.1. The van der Waals surface area contributed by atoms with Crippen molar-refractivity contribution in [1.29, 1.82) is 0 Å². The molecule has 3 rings (SSSR count). The van der Waals surface area contributed by atoms with Gasteiger partial charge in [0, 0.05) is 30.4 Å². The van der Waals surface area contributed by atoms with Gasteiger partial charge in [-0.1, -0.05) is 23.0 Å². The van der Waals surface area contributed by atoms with E-state index >= 15 is 0 Å². The second-order valence-corrected chi connectivity index (χ2v) is 15.8. The van der Waals surface area contributed by atoms with E-state index in [0.717, 1.165) is 10.8 Å². The van der Waals surface area contributed by atoms with Crippen LogP contribution >= 0.6 is 23.2 Å². The summed E-state index contributed by atoms with van der Waals surface area (Å²) in [5.74, 6) is 4.56. The maximum Gasteiger partial charge on any atom is 0.488 e. The molecule has 6 N–H and O–H groups in total. The summed E-state index contributed by atoms with van der Waals surface area (Å²) in [5.41, 5.74) is 7.32. The zero-order valence-electron chi connectivity index (χ0n) is 28.5. The van der Waals surface area contributed by atoms with E-state index in [1.165, 1.54) is 13.1 Å². The number of benzene rings is 1. The van der Waals surface area contributed by atoms with Gasteiger partial charge < -0.3 is 44.3 Å². The van der Waals surface area contributed by atoms with Gasteiger partial charge in [-0.15, -0.1) is 0 Å². The van der Waals surface area contributed by atoms with E-state index in [0.29, 0.717) is 18.0 Å². The third-order valence-electron chi connectivity index (χ3n) is 6.51. The molecule has 6 atom stereocenters. The normalized spacial score (nSPS) is 19.1. The Kier molecular flexibility index (Phi) is 16.8. The first-order valence-electron chi connectivity index (χ1n) is 15.4. The Balaban J connectivity index is 1.41. The quantitative estimate of drug-likeness (QED) is 0.0269. The van der Waals surface area contributed by atoms with Crippen molar-refractivity contribution in [2.45, 2.75) is 31.4 Å². The van der Waals surface area contributed by atoms with Crippen LogP contribution in [0.25, 0.3) is 10.4 Å². The fourth-order valence-electron chi connectivity index (χ4n) is 4.29. The van der Waals surface area contributed by atoms with Gasteiger partial charge in [-0.2, -0.15) is 4.31 Å². The first-order valence-corrected chi connectivity index (χ1v) is 20.4. The highest BCUT2D eigenvalue weighted by molar-refractivity contribution is 7.68. The number of aromatic amines is 1. The Labute approximate surface area is 305 Å². The number of nitrogens with one attached hydrogen (secondary N) is 3. The third-order valence-corrected chi connectivity index (χ3v) is 10.7. The molecule has 1 aromatic carbocycles. The van der Waals surface area contributed by atoms with Crippen LogP contribution in [0.15, 0.2) is 45.2 Å². The van der Waals surface area contributed by atoms with E-state index in [-0.39, 0.29) is 57.3 Å². The van der Waals surface area contributed by atoms with Crippen LogP contribution in [0.4, 0.5) is 0 Å². The van der Waals surface area contributed by atoms with Crippen molar-refractivity contribution in [2.24, 2.45) is 5.11 Å². The number of nitrogens with zero attached hydrogens (tertiary/aromatic N) is 4. The Morgan fingerprint density at radius 1 is 1.17 bits per heavy atom. The van der Waals surface area contributed by atoms with Crippen LogP contribution in [0, 0.1) is 11.8 Å². The number of ether oxygens (including phenoxy) is 4. The predicted molar refractivity (Wildman–Crippen MR) is 183 cm³/mol. The molecule has 1 saturated heterocycles. The van der Waals surface area contributed by atoms with Crippen molar-refractivity contribution < 1.29 is 70.1 Å². The number of rotatable bonds is 20. The molecule has 24 nitrogen and oxygen atoms in total. The van der Waals surface area contributed by atoms with Gasteiger partial charge in [0.2, 0.25) is 5.91 Å². The molecule has 1 aliphatic rings. The topological polar surface area (TPSA) is 338 Å². The first-order chi connectivity index (χ1) is 25.4.